The Balaban J connectivity index is 2.34. The number of phenolic OH excluding ortho intramolecular Hbond substituents is 1. The maximum Gasteiger partial charge on any atom is 0.200 e. The van der Waals surface area contributed by atoms with Crippen molar-refractivity contribution in [3.05, 3.63) is 36.7 Å². The van der Waals surface area contributed by atoms with Crippen LogP contribution in [0.25, 0.3) is 0 Å². The zero-order valence-corrected chi connectivity index (χ0v) is 10.2. The molecular formula is C13H14N2O3. The van der Waals surface area contributed by atoms with Crippen LogP contribution in [0.3, 0.4) is 0 Å². The summed E-state index contributed by atoms with van der Waals surface area (Å²) in [7, 11) is 2.98. The van der Waals surface area contributed by atoms with Gasteiger partial charge in [0.2, 0.25) is 5.75 Å². The maximum absolute atomic E-state index is 9.79. The number of methoxy groups -OCH3 is 2. The van der Waals surface area contributed by atoms with Gasteiger partial charge in [-0.05, 0) is 12.1 Å². The number of aromatic hydroxyl groups is 1. The van der Waals surface area contributed by atoms with E-state index in [-0.39, 0.29) is 5.75 Å². The van der Waals surface area contributed by atoms with Crippen LogP contribution in [0, 0.1) is 0 Å². The van der Waals surface area contributed by atoms with Gasteiger partial charge >= 0.3 is 0 Å². The molecule has 0 fully saturated rings. The van der Waals surface area contributed by atoms with Crippen molar-refractivity contribution in [2.24, 2.45) is 0 Å². The van der Waals surface area contributed by atoms with Gasteiger partial charge in [0.05, 0.1) is 26.1 Å². The zero-order chi connectivity index (χ0) is 13.0. The van der Waals surface area contributed by atoms with Crippen LogP contribution in [0.2, 0.25) is 0 Å². The quantitative estimate of drug-likeness (QED) is 0.812. The number of benzene rings is 1. The van der Waals surface area contributed by atoms with Gasteiger partial charge in [0.25, 0.3) is 0 Å². The number of ether oxygens (including phenoxy) is 2. The number of anilines is 2. The lowest BCUT2D eigenvalue weighted by Crippen LogP contribution is -1.94. The molecule has 2 N–H and O–H groups in total. The Kier molecular flexibility index (Phi) is 3.52. The Morgan fingerprint density at radius 2 is 1.78 bits per heavy atom. The van der Waals surface area contributed by atoms with E-state index in [1.165, 1.54) is 14.2 Å². The molecule has 5 nitrogen and oxygen atoms in total. The average Bonchev–Trinajstić information content (AvgIpc) is 2.41. The van der Waals surface area contributed by atoms with Gasteiger partial charge in [-0.15, -0.1) is 0 Å². The third kappa shape index (κ3) is 2.45. The van der Waals surface area contributed by atoms with Crippen molar-refractivity contribution >= 4 is 11.4 Å². The van der Waals surface area contributed by atoms with Crippen LogP contribution in [0.5, 0.6) is 17.2 Å². The first-order chi connectivity index (χ1) is 8.74. The highest BCUT2D eigenvalue weighted by atomic mass is 16.5. The highest BCUT2D eigenvalue weighted by Crippen LogP contribution is 2.39. The number of rotatable bonds is 4. The topological polar surface area (TPSA) is 63.6 Å². The Labute approximate surface area is 105 Å². The molecular weight excluding hydrogens is 232 g/mol. The molecule has 0 atom stereocenters. The molecule has 0 amide bonds. The molecule has 0 aliphatic rings. The Hall–Kier alpha value is -2.43. The van der Waals surface area contributed by atoms with Crippen LogP contribution in [-0.2, 0) is 0 Å². The van der Waals surface area contributed by atoms with Gasteiger partial charge in [0.15, 0.2) is 11.5 Å². The van der Waals surface area contributed by atoms with Crippen molar-refractivity contribution in [2.75, 3.05) is 19.5 Å². The van der Waals surface area contributed by atoms with E-state index < -0.39 is 0 Å². The maximum atomic E-state index is 9.79. The molecule has 1 aromatic carbocycles. The van der Waals surface area contributed by atoms with Crippen molar-refractivity contribution in [3.63, 3.8) is 0 Å². The lowest BCUT2D eigenvalue weighted by atomic mass is 10.2. The van der Waals surface area contributed by atoms with E-state index >= 15 is 0 Å². The lowest BCUT2D eigenvalue weighted by Gasteiger charge is -2.12. The summed E-state index contributed by atoms with van der Waals surface area (Å²) in [4.78, 5) is 4.01. The van der Waals surface area contributed by atoms with Gasteiger partial charge in [0.1, 0.15) is 0 Å². The molecule has 94 valence electrons. The van der Waals surface area contributed by atoms with Crippen LogP contribution < -0.4 is 14.8 Å². The standard InChI is InChI=1S/C13H14N2O3/c1-17-11-6-10(7-12(18-2)13(11)16)15-9-4-3-5-14-8-9/h3-8,15-16H,1-2H3. The SMILES string of the molecule is COc1cc(Nc2cccnc2)cc(OC)c1O. The molecule has 0 spiro atoms. The highest BCUT2D eigenvalue weighted by Gasteiger charge is 2.11. The van der Waals surface area contributed by atoms with Gasteiger partial charge in [-0.2, -0.15) is 0 Å². The van der Waals surface area contributed by atoms with Crippen molar-refractivity contribution < 1.29 is 14.6 Å². The molecule has 0 aliphatic carbocycles. The molecule has 0 aliphatic heterocycles. The van der Waals surface area contributed by atoms with Crippen molar-refractivity contribution in [2.45, 2.75) is 0 Å². The Morgan fingerprint density at radius 1 is 1.11 bits per heavy atom. The van der Waals surface area contributed by atoms with E-state index in [2.05, 4.69) is 10.3 Å². The third-order valence-electron chi connectivity index (χ3n) is 2.43. The fourth-order valence-corrected chi connectivity index (χ4v) is 1.57. The number of aromatic nitrogens is 1. The predicted octanol–water partition coefficient (Wildman–Crippen LogP) is 2.55. The fourth-order valence-electron chi connectivity index (χ4n) is 1.57. The third-order valence-corrected chi connectivity index (χ3v) is 2.43. The smallest absolute Gasteiger partial charge is 0.200 e. The molecule has 2 rings (SSSR count). The van der Waals surface area contributed by atoms with Gasteiger partial charge in [-0.3, -0.25) is 4.98 Å². The van der Waals surface area contributed by atoms with Gasteiger partial charge in [-0.25, -0.2) is 0 Å². The van der Waals surface area contributed by atoms with Crippen LogP contribution in [0.4, 0.5) is 11.4 Å². The van der Waals surface area contributed by atoms with E-state index in [0.29, 0.717) is 11.5 Å². The first kappa shape index (κ1) is 12.0. The van der Waals surface area contributed by atoms with E-state index in [0.717, 1.165) is 11.4 Å². The molecule has 0 saturated heterocycles. The van der Waals surface area contributed by atoms with Crippen LogP contribution in [-0.4, -0.2) is 24.3 Å². The number of pyridine rings is 1. The van der Waals surface area contributed by atoms with Gasteiger partial charge < -0.3 is 19.9 Å². The van der Waals surface area contributed by atoms with Crippen LogP contribution >= 0.6 is 0 Å². The number of hydrogen-bond donors (Lipinski definition) is 2. The minimum Gasteiger partial charge on any atom is -0.502 e. The van der Waals surface area contributed by atoms with E-state index in [1.807, 2.05) is 12.1 Å². The monoisotopic (exact) mass is 246 g/mol. The minimum atomic E-state index is -0.0169. The molecule has 0 saturated carbocycles. The highest BCUT2D eigenvalue weighted by molar-refractivity contribution is 5.67. The predicted molar refractivity (Wildman–Crippen MR) is 68.7 cm³/mol. The Morgan fingerprint density at radius 3 is 2.28 bits per heavy atom. The second-order valence-corrected chi connectivity index (χ2v) is 3.60. The van der Waals surface area contributed by atoms with Crippen molar-refractivity contribution in [3.8, 4) is 17.2 Å². The Bertz CT molecular complexity index is 504. The number of nitrogens with zero attached hydrogens (tertiary/aromatic N) is 1. The first-order valence-corrected chi connectivity index (χ1v) is 5.36. The van der Waals surface area contributed by atoms with E-state index in [4.69, 9.17) is 9.47 Å². The first-order valence-electron chi connectivity index (χ1n) is 5.36. The number of phenols is 1. The summed E-state index contributed by atoms with van der Waals surface area (Å²) in [5.41, 5.74) is 1.58. The summed E-state index contributed by atoms with van der Waals surface area (Å²) >= 11 is 0. The summed E-state index contributed by atoms with van der Waals surface area (Å²) in [5.74, 6) is 0.679. The summed E-state index contributed by atoms with van der Waals surface area (Å²) in [6, 6.07) is 7.09. The van der Waals surface area contributed by atoms with Crippen LogP contribution in [0.1, 0.15) is 0 Å². The average molecular weight is 246 g/mol. The number of nitrogens with one attached hydrogen (secondary N) is 1. The second kappa shape index (κ2) is 5.27. The molecule has 18 heavy (non-hydrogen) atoms. The van der Waals surface area contributed by atoms with E-state index in [1.54, 1.807) is 24.5 Å². The molecule has 0 unspecified atom stereocenters. The second-order valence-electron chi connectivity index (χ2n) is 3.60. The summed E-state index contributed by atoms with van der Waals surface area (Å²) < 4.78 is 10.2. The molecule has 1 aromatic heterocycles. The molecule has 5 heteroatoms. The summed E-state index contributed by atoms with van der Waals surface area (Å²) in [5, 5.41) is 12.9. The summed E-state index contributed by atoms with van der Waals surface area (Å²) in [6.45, 7) is 0. The van der Waals surface area contributed by atoms with Gasteiger partial charge in [0, 0.05) is 24.0 Å². The molecule has 0 bridgehead atoms. The largest absolute Gasteiger partial charge is 0.502 e. The van der Waals surface area contributed by atoms with E-state index in [9.17, 15) is 5.11 Å². The normalized spacial score (nSPS) is 9.89. The van der Waals surface area contributed by atoms with Crippen molar-refractivity contribution in [1.29, 1.82) is 0 Å². The van der Waals surface area contributed by atoms with Crippen LogP contribution in [0.15, 0.2) is 36.7 Å². The molecule has 2 aromatic rings. The van der Waals surface area contributed by atoms with Crippen molar-refractivity contribution in [1.82, 2.24) is 4.98 Å². The fraction of sp³-hybridized carbons (Fsp3) is 0.154. The lowest BCUT2D eigenvalue weighted by molar-refractivity contribution is 0.340. The minimum absolute atomic E-state index is 0.0169. The number of hydrogen-bond acceptors (Lipinski definition) is 5. The zero-order valence-electron chi connectivity index (χ0n) is 10.2. The molecule has 0 radical (unpaired) electrons. The van der Waals surface area contributed by atoms with Gasteiger partial charge in [-0.1, -0.05) is 0 Å². The summed E-state index contributed by atoms with van der Waals surface area (Å²) in [6.07, 6.45) is 3.40. The molecule has 1 heterocycles.